The zero-order chi connectivity index (χ0) is 15.4. The molecular formula is C15H16N4O2. The van der Waals surface area contributed by atoms with Crippen molar-refractivity contribution in [2.45, 2.75) is 13.8 Å². The van der Waals surface area contributed by atoms with Gasteiger partial charge in [0.1, 0.15) is 5.69 Å². The van der Waals surface area contributed by atoms with Gasteiger partial charge in [-0.3, -0.25) is 4.79 Å². The third kappa shape index (κ3) is 3.36. The molecule has 1 heterocycles. The van der Waals surface area contributed by atoms with Crippen LogP contribution in [0.4, 0.5) is 5.69 Å². The lowest BCUT2D eigenvalue weighted by atomic mass is 10.1. The van der Waals surface area contributed by atoms with Gasteiger partial charge < -0.3 is 16.3 Å². The lowest BCUT2D eigenvalue weighted by Crippen LogP contribution is -2.17. The van der Waals surface area contributed by atoms with Crippen molar-refractivity contribution >= 4 is 17.4 Å². The highest BCUT2D eigenvalue weighted by Crippen LogP contribution is 2.17. The van der Waals surface area contributed by atoms with Crippen molar-refractivity contribution < 1.29 is 10.0 Å². The number of pyridine rings is 1. The molecule has 0 aliphatic heterocycles. The number of anilines is 1. The van der Waals surface area contributed by atoms with E-state index in [1.54, 1.807) is 30.3 Å². The molecule has 1 amide bonds. The van der Waals surface area contributed by atoms with Crippen LogP contribution in [0.15, 0.2) is 41.6 Å². The summed E-state index contributed by atoms with van der Waals surface area (Å²) < 4.78 is 0. The molecule has 0 atom stereocenters. The Kier molecular flexibility index (Phi) is 4.18. The molecule has 108 valence electrons. The Morgan fingerprint density at radius 2 is 2.05 bits per heavy atom. The molecule has 2 rings (SSSR count). The number of hydrogen-bond acceptors (Lipinski definition) is 4. The summed E-state index contributed by atoms with van der Waals surface area (Å²) in [5.74, 6) is -0.322. The van der Waals surface area contributed by atoms with Gasteiger partial charge in [0.2, 0.25) is 0 Å². The van der Waals surface area contributed by atoms with Gasteiger partial charge in [-0.25, -0.2) is 4.98 Å². The first kappa shape index (κ1) is 14.5. The van der Waals surface area contributed by atoms with Gasteiger partial charge in [0.25, 0.3) is 5.91 Å². The zero-order valence-electron chi connectivity index (χ0n) is 11.8. The van der Waals surface area contributed by atoms with Gasteiger partial charge in [0.15, 0.2) is 5.84 Å². The van der Waals surface area contributed by atoms with Gasteiger partial charge in [-0.1, -0.05) is 23.4 Å². The molecule has 0 bridgehead atoms. The van der Waals surface area contributed by atoms with Crippen molar-refractivity contribution in [2.24, 2.45) is 10.9 Å². The maximum Gasteiger partial charge on any atom is 0.274 e. The van der Waals surface area contributed by atoms with Crippen LogP contribution < -0.4 is 11.1 Å². The van der Waals surface area contributed by atoms with E-state index in [9.17, 15) is 4.79 Å². The van der Waals surface area contributed by atoms with Crippen molar-refractivity contribution in [1.82, 2.24) is 4.98 Å². The van der Waals surface area contributed by atoms with E-state index in [0.29, 0.717) is 16.9 Å². The van der Waals surface area contributed by atoms with E-state index in [1.807, 2.05) is 19.9 Å². The van der Waals surface area contributed by atoms with Crippen LogP contribution in [0.1, 0.15) is 27.3 Å². The molecule has 0 saturated carbocycles. The Bertz CT molecular complexity index is 711. The number of aryl methyl sites for hydroxylation is 2. The van der Waals surface area contributed by atoms with Crippen molar-refractivity contribution in [3.8, 4) is 0 Å². The first-order valence-electron chi connectivity index (χ1n) is 6.35. The second-order valence-electron chi connectivity index (χ2n) is 4.63. The van der Waals surface area contributed by atoms with E-state index in [4.69, 9.17) is 10.9 Å². The van der Waals surface area contributed by atoms with E-state index in [-0.39, 0.29) is 11.7 Å². The Morgan fingerprint density at radius 3 is 2.71 bits per heavy atom. The average molecular weight is 284 g/mol. The fourth-order valence-corrected chi connectivity index (χ4v) is 1.83. The summed E-state index contributed by atoms with van der Waals surface area (Å²) in [5, 5.41) is 14.4. The standard InChI is InChI=1S/C15H16N4O2/c1-9-6-7-11(14(16)19-21)8-13(9)18-15(20)12-5-3-4-10(2)17-12/h3-8,21H,1-2H3,(H2,16,19)(H,18,20). The number of amides is 1. The van der Waals surface area contributed by atoms with Gasteiger partial charge in [-0.2, -0.15) is 0 Å². The van der Waals surface area contributed by atoms with Crippen LogP contribution >= 0.6 is 0 Å². The third-order valence-corrected chi connectivity index (χ3v) is 3.01. The normalized spacial score (nSPS) is 11.2. The third-order valence-electron chi connectivity index (χ3n) is 3.01. The van der Waals surface area contributed by atoms with Crippen LogP contribution in [0.25, 0.3) is 0 Å². The number of rotatable bonds is 3. The summed E-state index contributed by atoms with van der Waals surface area (Å²) in [6.07, 6.45) is 0. The number of benzene rings is 1. The second kappa shape index (κ2) is 6.04. The van der Waals surface area contributed by atoms with E-state index >= 15 is 0 Å². The summed E-state index contributed by atoms with van der Waals surface area (Å²) in [6.45, 7) is 3.68. The highest BCUT2D eigenvalue weighted by Gasteiger charge is 2.10. The van der Waals surface area contributed by atoms with Gasteiger partial charge >= 0.3 is 0 Å². The number of carbonyl (C=O) groups excluding carboxylic acids is 1. The van der Waals surface area contributed by atoms with Gasteiger partial charge in [0, 0.05) is 16.9 Å². The SMILES string of the molecule is Cc1cccc(C(=O)Nc2cc(C(N)=NO)ccc2C)n1. The molecule has 1 aromatic carbocycles. The fourth-order valence-electron chi connectivity index (χ4n) is 1.83. The summed E-state index contributed by atoms with van der Waals surface area (Å²) in [4.78, 5) is 16.4. The van der Waals surface area contributed by atoms with Crippen molar-refractivity contribution in [3.63, 3.8) is 0 Å². The Labute approximate surface area is 122 Å². The number of hydrogen-bond donors (Lipinski definition) is 3. The van der Waals surface area contributed by atoms with Gasteiger partial charge in [-0.05, 0) is 37.6 Å². The number of aromatic nitrogens is 1. The van der Waals surface area contributed by atoms with Gasteiger partial charge in [-0.15, -0.1) is 0 Å². The van der Waals surface area contributed by atoms with Crippen molar-refractivity contribution in [3.05, 3.63) is 58.9 Å². The molecule has 1 aromatic heterocycles. The summed E-state index contributed by atoms with van der Waals surface area (Å²) in [6, 6.07) is 10.4. The molecule has 6 heteroatoms. The minimum atomic E-state index is -0.307. The van der Waals surface area contributed by atoms with Crippen LogP contribution in [-0.2, 0) is 0 Å². The Balaban J connectivity index is 2.29. The second-order valence-corrected chi connectivity index (χ2v) is 4.63. The number of oxime groups is 1. The number of nitrogens with zero attached hydrogens (tertiary/aromatic N) is 2. The van der Waals surface area contributed by atoms with Crippen LogP contribution in [0, 0.1) is 13.8 Å². The predicted molar refractivity (Wildman–Crippen MR) is 80.6 cm³/mol. The molecule has 0 aliphatic rings. The molecule has 6 nitrogen and oxygen atoms in total. The predicted octanol–water partition coefficient (Wildman–Crippen LogP) is 2.05. The highest BCUT2D eigenvalue weighted by molar-refractivity contribution is 6.04. The van der Waals surface area contributed by atoms with E-state index < -0.39 is 0 Å². The quantitative estimate of drug-likeness (QED) is 0.347. The van der Waals surface area contributed by atoms with E-state index in [1.165, 1.54) is 0 Å². The average Bonchev–Trinajstić information content (AvgIpc) is 2.48. The number of amidine groups is 1. The molecule has 2 aromatic rings. The lowest BCUT2D eigenvalue weighted by molar-refractivity contribution is 0.102. The fraction of sp³-hybridized carbons (Fsp3) is 0.133. The summed E-state index contributed by atoms with van der Waals surface area (Å²) in [7, 11) is 0. The lowest BCUT2D eigenvalue weighted by Gasteiger charge is -2.10. The molecule has 4 N–H and O–H groups in total. The summed E-state index contributed by atoms with van der Waals surface area (Å²) in [5.41, 5.74) is 8.64. The smallest absolute Gasteiger partial charge is 0.274 e. The highest BCUT2D eigenvalue weighted by atomic mass is 16.4. The zero-order valence-corrected chi connectivity index (χ0v) is 11.8. The van der Waals surface area contributed by atoms with E-state index in [0.717, 1.165) is 11.3 Å². The van der Waals surface area contributed by atoms with Crippen LogP contribution in [0.2, 0.25) is 0 Å². The number of nitrogens with one attached hydrogen (secondary N) is 1. The van der Waals surface area contributed by atoms with Gasteiger partial charge in [0.05, 0.1) is 0 Å². The van der Waals surface area contributed by atoms with E-state index in [2.05, 4.69) is 15.5 Å². The first-order chi connectivity index (χ1) is 10.0. The number of carbonyl (C=O) groups is 1. The first-order valence-corrected chi connectivity index (χ1v) is 6.35. The topological polar surface area (TPSA) is 101 Å². The molecular weight excluding hydrogens is 268 g/mol. The monoisotopic (exact) mass is 284 g/mol. The van der Waals surface area contributed by atoms with Crippen LogP contribution in [0.5, 0.6) is 0 Å². The van der Waals surface area contributed by atoms with Crippen LogP contribution in [0.3, 0.4) is 0 Å². The largest absolute Gasteiger partial charge is 0.409 e. The maximum absolute atomic E-state index is 12.2. The van der Waals surface area contributed by atoms with Crippen LogP contribution in [-0.4, -0.2) is 21.9 Å². The Hall–Kier alpha value is -2.89. The Morgan fingerprint density at radius 1 is 1.29 bits per heavy atom. The minimum Gasteiger partial charge on any atom is -0.409 e. The summed E-state index contributed by atoms with van der Waals surface area (Å²) >= 11 is 0. The molecule has 0 saturated heterocycles. The van der Waals surface area contributed by atoms with Crippen molar-refractivity contribution in [1.29, 1.82) is 0 Å². The molecule has 0 unspecified atom stereocenters. The molecule has 0 aliphatic carbocycles. The minimum absolute atomic E-state index is 0.0146. The van der Waals surface area contributed by atoms with Crippen molar-refractivity contribution in [2.75, 3.05) is 5.32 Å². The molecule has 21 heavy (non-hydrogen) atoms. The number of nitrogens with two attached hydrogens (primary N) is 1. The molecule has 0 fully saturated rings. The molecule has 0 radical (unpaired) electrons. The molecule has 0 spiro atoms. The maximum atomic E-state index is 12.2.